The van der Waals surface area contributed by atoms with E-state index >= 15 is 0 Å². The Morgan fingerprint density at radius 1 is 1.59 bits per heavy atom. The van der Waals surface area contributed by atoms with Crippen molar-refractivity contribution in [2.45, 2.75) is 6.92 Å². The number of rotatable bonds is 5. The van der Waals surface area contributed by atoms with Gasteiger partial charge in [-0.1, -0.05) is 6.07 Å². The predicted molar refractivity (Wildman–Crippen MR) is 64.5 cm³/mol. The molecule has 0 aliphatic carbocycles. The van der Waals surface area contributed by atoms with Crippen molar-refractivity contribution >= 4 is 12.2 Å². The molecule has 0 saturated carbocycles. The SMILES string of the molecule is CCOc1cccc(C=NNC(N)=O)c1OC. The molecule has 6 heteroatoms. The number of benzene rings is 1. The lowest BCUT2D eigenvalue weighted by Crippen LogP contribution is -2.24. The zero-order valence-corrected chi connectivity index (χ0v) is 9.77. The molecule has 3 N–H and O–H groups in total. The number of nitrogens with one attached hydrogen (secondary N) is 1. The highest BCUT2D eigenvalue weighted by atomic mass is 16.5. The summed E-state index contributed by atoms with van der Waals surface area (Å²) in [6.07, 6.45) is 1.44. The molecule has 1 rings (SSSR count). The fourth-order valence-corrected chi connectivity index (χ4v) is 1.29. The lowest BCUT2D eigenvalue weighted by atomic mass is 10.2. The van der Waals surface area contributed by atoms with Gasteiger partial charge in [0.15, 0.2) is 11.5 Å². The van der Waals surface area contributed by atoms with E-state index in [4.69, 9.17) is 15.2 Å². The molecule has 1 aromatic rings. The van der Waals surface area contributed by atoms with Gasteiger partial charge in [0.1, 0.15) is 0 Å². The molecule has 92 valence electrons. The lowest BCUT2D eigenvalue weighted by molar-refractivity contribution is 0.249. The van der Waals surface area contributed by atoms with Gasteiger partial charge in [0.2, 0.25) is 0 Å². The molecule has 0 spiro atoms. The highest BCUT2D eigenvalue weighted by Gasteiger charge is 2.07. The van der Waals surface area contributed by atoms with Gasteiger partial charge in [0, 0.05) is 5.56 Å². The van der Waals surface area contributed by atoms with E-state index in [1.807, 2.05) is 6.92 Å². The van der Waals surface area contributed by atoms with Crippen LogP contribution in [0.5, 0.6) is 11.5 Å². The Labute approximate surface area is 99.4 Å². The third-order valence-electron chi connectivity index (χ3n) is 1.89. The van der Waals surface area contributed by atoms with E-state index in [9.17, 15) is 4.79 Å². The summed E-state index contributed by atoms with van der Waals surface area (Å²) in [6, 6.07) is 4.66. The third kappa shape index (κ3) is 3.67. The van der Waals surface area contributed by atoms with Gasteiger partial charge in [-0.05, 0) is 19.1 Å². The second-order valence-corrected chi connectivity index (χ2v) is 3.05. The van der Waals surface area contributed by atoms with E-state index in [1.165, 1.54) is 13.3 Å². The van der Waals surface area contributed by atoms with E-state index in [1.54, 1.807) is 18.2 Å². The largest absolute Gasteiger partial charge is 0.492 e. The van der Waals surface area contributed by atoms with Gasteiger partial charge in [-0.15, -0.1) is 0 Å². The third-order valence-corrected chi connectivity index (χ3v) is 1.89. The number of urea groups is 1. The number of amides is 2. The van der Waals surface area contributed by atoms with Crippen LogP contribution in [0, 0.1) is 0 Å². The highest BCUT2D eigenvalue weighted by molar-refractivity contribution is 5.86. The van der Waals surface area contributed by atoms with Crippen LogP contribution < -0.4 is 20.6 Å². The zero-order chi connectivity index (χ0) is 12.7. The average molecular weight is 237 g/mol. The maximum absolute atomic E-state index is 10.5. The minimum Gasteiger partial charge on any atom is -0.492 e. The van der Waals surface area contributed by atoms with Crippen molar-refractivity contribution in [3.63, 3.8) is 0 Å². The molecule has 0 saturated heterocycles. The van der Waals surface area contributed by atoms with E-state index < -0.39 is 6.03 Å². The summed E-state index contributed by atoms with van der Waals surface area (Å²) in [5.74, 6) is 1.18. The normalized spacial score (nSPS) is 10.2. The van der Waals surface area contributed by atoms with Gasteiger partial charge in [0.25, 0.3) is 0 Å². The first-order valence-electron chi connectivity index (χ1n) is 5.07. The summed E-state index contributed by atoms with van der Waals surface area (Å²) in [5.41, 5.74) is 7.68. The summed E-state index contributed by atoms with van der Waals surface area (Å²) in [4.78, 5) is 10.5. The average Bonchev–Trinajstić information content (AvgIpc) is 2.29. The smallest absolute Gasteiger partial charge is 0.332 e. The number of nitrogens with zero attached hydrogens (tertiary/aromatic N) is 1. The summed E-state index contributed by atoms with van der Waals surface area (Å²) < 4.78 is 10.6. The molecule has 0 bridgehead atoms. The van der Waals surface area contributed by atoms with Gasteiger partial charge in [-0.2, -0.15) is 5.10 Å². The van der Waals surface area contributed by atoms with E-state index in [0.717, 1.165) is 0 Å². The first kappa shape index (κ1) is 12.8. The van der Waals surface area contributed by atoms with Crippen LogP contribution in [0.15, 0.2) is 23.3 Å². The Hall–Kier alpha value is -2.24. The number of hydrazone groups is 1. The first-order valence-corrected chi connectivity index (χ1v) is 5.07. The van der Waals surface area contributed by atoms with E-state index in [2.05, 4.69) is 10.5 Å². The quantitative estimate of drug-likeness (QED) is 0.593. The van der Waals surface area contributed by atoms with Gasteiger partial charge in [0.05, 0.1) is 19.9 Å². The van der Waals surface area contributed by atoms with Crippen LogP contribution >= 0.6 is 0 Å². The number of para-hydroxylation sites is 1. The molecule has 0 fully saturated rings. The summed E-state index contributed by atoms with van der Waals surface area (Å²) >= 11 is 0. The summed E-state index contributed by atoms with van der Waals surface area (Å²) in [5, 5.41) is 3.67. The topological polar surface area (TPSA) is 85.9 Å². The molecular weight excluding hydrogens is 222 g/mol. The highest BCUT2D eigenvalue weighted by Crippen LogP contribution is 2.29. The molecule has 0 unspecified atom stereocenters. The van der Waals surface area contributed by atoms with Crippen LogP contribution in [0.25, 0.3) is 0 Å². The minimum atomic E-state index is -0.721. The number of carbonyl (C=O) groups is 1. The Kier molecular flexibility index (Phi) is 4.80. The second kappa shape index (κ2) is 6.37. The fourth-order valence-electron chi connectivity index (χ4n) is 1.29. The zero-order valence-electron chi connectivity index (χ0n) is 9.77. The van der Waals surface area contributed by atoms with Crippen LogP contribution in [-0.2, 0) is 0 Å². The molecule has 0 aromatic heterocycles. The number of nitrogens with two attached hydrogens (primary N) is 1. The summed E-state index contributed by atoms with van der Waals surface area (Å²) in [7, 11) is 1.54. The lowest BCUT2D eigenvalue weighted by Gasteiger charge is -2.10. The van der Waals surface area contributed by atoms with Crippen molar-refractivity contribution in [2.24, 2.45) is 10.8 Å². The molecule has 0 aliphatic heterocycles. The molecule has 0 atom stereocenters. The van der Waals surface area contributed by atoms with Gasteiger partial charge >= 0.3 is 6.03 Å². The van der Waals surface area contributed by atoms with Crippen molar-refractivity contribution in [1.82, 2.24) is 5.43 Å². The second-order valence-electron chi connectivity index (χ2n) is 3.05. The van der Waals surface area contributed by atoms with Crippen molar-refractivity contribution in [1.29, 1.82) is 0 Å². The number of hydrogen-bond donors (Lipinski definition) is 2. The molecule has 17 heavy (non-hydrogen) atoms. The Bertz CT molecular complexity index is 418. The number of carbonyl (C=O) groups excluding carboxylic acids is 1. The van der Waals surface area contributed by atoms with Crippen LogP contribution in [-0.4, -0.2) is 26.0 Å². The maximum Gasteiger partial charge on any atom is 0.332 e. The van der Waals surface area contributed by atoms with Crippen molar-refractivity contribution in [3.8, 4) is 11.5 Å². The Balaban J connectivity index is 2.94. The standard InChI is InChI=1S/C11H15N3O3/c1-3-17-9-6-4-5-8(10(9)16-2)7-13-14-11(12)15/h4-7H,3H2,1-2H3,(H3,12,14,15). The number of ether oxygens (including phenoxy) is 2. The van der Waals surface area contributed by atoms with Crippen LogP contribution in [0.1, 0.15) is 12.5 Å². The van der Waals surface area contributed by atoms with Crippen LogP contribution in [0.2, 0.25) is 0 Å². The molecule has 2 amide bonds. The predicted octanol–water partition coefficient (Wildman–Crippen LogP) is 1.10. The number of methoxy groups -OCH3 is 1. The Morgan fingerprint density at radius 2 is 2.35 bits per heavy atom. The molecule has 0 radical (unpaired) electrons. The Morgan fingerprint density at radius 3 is 2.94 bits per heavy atom. The first-order chi connectivity index (χ1) is 8.19. The monoisotopic (exact) mass is 237 g/mol. The molecule has 1 aromatic carbocycles. The van der Waals surface area contributed by atoms with Gasteiger partial charge in [-0.3, -0.25) is 0 Å². The van der Waals surface area contributed by atoms with E-state index in [0.29, 0.717) is 23.7 Å². The minimum absolute atomic E-state index is 0.538. The van der Waals surface area contributed by atoms with Crippen molar-refractivity contribution in [2.75, 3.05) is 13.7 Å². The molecule has 0 heterocycles. The number of primary amides is 1. The van der Waals surface area contributed by atoms with Crippen LogP contribution in [0.4, 0.5) is 4.79 Å². The summed E-state index contributed by atoms with van der Waals surface area (Å²) in [6.45, 7) is 2.42. The van der Waals surface area contributed by atoms with Gasteiger partial charge < -0.3 is 15.2 Å². The van der Waals surface area contributed by atoms with Crippen molar-refractivity contribution in [3.05, 3.63) is 23.8 Å². The maximum atomic E-state index is 10.5. The molecular formula is C11H15N3O3. The van der Waals surface area contributed by atoms with Crippen molar-refractivity contribution < 1.29 is 14.3 Å². The fraction of sp³-hybridized carbons (Fsp3) is 0.273. The molecule has 6 nitrogen and oxygen atoms in total. The van der Waals surface area contributed by atoms with E-state index in [-0.39, 0.29) is 0 Å². The number of hydrogen-bond acceptors (Lipinski definition) is 4. The molecule has 0 aliphatic rings. The van der Waals surface area contributed by atoms with Crippen LogP contribution in [0.3, 0.4) is 0 Å². The van der Waals surface area contributed by atoms with Gasteiger partial charge in [-0.25, -0.2) is 10.2 Å².